The molecule has 0 amide bonds. The van der Waals surface area contributed by atoms with E-state index in [0.29, 0.717) is 11.0 Å². The molecule has 0 atom stereocenters. The molecule has 0 aliphatic heterocycles. The number of hydrogen-bond acceptors (Lipinski definition) is 3. The molecule has 0 radical (unpaired) electrons. The molecule has 0 bridgehead atoms. The van der Waals surface area contributed by atoms with Crippen molar-refractivity contribution < 1.29 is 4.39 Å². The van der Waals surface area contributed by atoms with Crippen molar-refractivity contribution >= 4 is 22.5 Å². The van der Waals surface area contributed by atoms with E-state index in [1.54, 1.807) is 6.20 Å². The molecule has 0 spiro atoms. The van der Waals surface area contributed by atoms with E-state index in [2.05, 4.69) is 26.6 Å². The van der Waals surface area contributed by atoms with Crippen molar-refractivity contribution in [3.8, 4) is 0 Å². The first-order chi connectivity index (χ1) is 9.81. The summed E-state index contributed by atoms with van der Waals surface area (Å²) in [4.78, 5) is 4.25. The number of rotatable bonds is 2. The monoisotopic (exact) mass is 268 g/mol. The first-order valence-electron chi connectivity index (χ1n) is 6.69. The molecule has 1 aliphatic rings. The van der Waals surface area contributed by atoms with Gasteiger partial charge in [0.15, 0.2) is 17.3 Å². The smallest absolute Gasteiger partial charge is 0.169 e. The number of hydrogen-bond donors (Lipinski definition) is 2. The third-order valence-electron chi connectivity index (χ3n) is 3.78. The maximum atomic E-state index is 14.1. The van der Waals surface area contributed by atoms with Crippen LogP contribution in [0.25, 0.3) is 11.0 Å². The number of aromatic nitrogens is 3. The van der Waals surface area contributed by atoms with Gasteiger partial charge in [0.05, 0.1) is 6.20 Å². The van der Waals surface area contributed by atoms with Gasteiger partial charge >= 0.3 is 0 Å². The second-order valence-corrected chi connectivity index (χ2v) is 5.05. The van der Waals surface area contributed by atoms with Gasteiger partial charge in [-0.2, -0.15) is 5.10 Å². The molecule has 3 aromatic rings. The number of nitrogens with one attached hydrogen (secondary N) is 2. The van der Waals surface area contributed by atoms with Crippen molar-refractivity contribution in [2.75, 3.05) is 5.32 Å². The molecule has 0 unspecified atom stereocenters. The van der Waals surface area contributed by atoms with Gasteiger partial charge in [0.1, 0.15) is 0 Å². The van der Waals surface area contributed by atoms with Crippen LogP contribution in [-0.2, 0) is 12.8 Å². The first kappa shape index (κ1) is 11.4. The Morgan fingerprint density at radius 3 is 3.15 bits per heavy atom. The lowest BCUT2D eigenvalue weighted by Gasteiger charge is -2.11. The van der Waals surface area contributed by atoms with Gasteiger partial charge < -0.3 is 5.32 Å². The molecule has 4 nitrogen and oxygen atoms in total. The molecule has 0 saturated heterocycles. The molecule has 2 N–H and O–H groups in total. The summed E-state index contributed by atoms with van der Waals surface area (Å²) in [6.07, 6.45) is 4.85. The zero-order valence-electron chi connectivity index (χ0n) is 10.8. The molecular weight excluding hydrogens is 255 g/mol. The van der Waals surface area contributed by atoms with Gasteiger partial charge in [-0.25, -0.2) is 9.37 Å². The Morgan fingerprint density at radius 1 is 1.25 bits per heavy atom. The third-order valence-corrected chi connectivity index (χ3v) is 3.78. The summed E-state index contributed by atoms with van der Waals surface area (Å²) < 4.78 is 14.1. The lowest BCUT2D eigenvalue weighted by atomic mass is 10.1. The lowest BCUT2D eigenvalue weighted by molar-refractivity contribution is 0.629. The van der Waals surface area contributed by atoms with Gasteiger partial charge in [-0.15, -0.1) is 0 Å². The van der Waals surface area contributed by atoms with Gasteiger partial charge in [0, 0.05) is 11.1 Å². The first-order valence-corrected chi connectivity index (χ1v) is 6.69. The average Bonchev–Trinajstić information content (AvgIpc) is 3.07. The van der Waals surface area contributed by atoms with Gasteiger partial charge in [-0.1, -0.05) is 12.1 Å². The average molecular weight is 268 g/mol. The van der Waals surface area contributed by atoms with Crippen LogP contribution >= 0.6 is 0 Å². The standard InChI is InChI=1S/C15H13FN4/c16-12-7-10-8-17-20-14(10)19-15(12)18-13-6-2-4-9-3-1-5-11(9)13/h2,4,6-8H,1,3,5H2,(H2,17,18,19,20). The predicted molar refractivity (Wildman–Crippen MR) is 75.6 cm³/mol. The lowest BCUT2D eigenvalue weighted by Crippen LogP contribution is -2.00. The topological polar surface area (TPSA) is 53.6 Å². The quantitative estimate of drug-likeness (QED) is 0.749. The van der Waals surface area contributed by atoms with Crippen LogP contribution in [0.3, 0.4) is 0 Å². The summed E-state index contributed by atoms with van der Waals surface area (Å²) in [7, 11) is 0. The van der Waals surface area contributed by atoms with Crippen LogP contribution in [0.5, 0.6) is 0 Å². The summed E-state index contributed by atoms with van der Waals surface area (Å²) >= 11 is 0. The van der Waals surface area contributed by atoms with E-state index in [9.17, 15) is 4.39 Å². The van der Waals surface area contributed by atoms with E-state index in [0.717, 1.165) is 24.9 Å². The van der Waals surface area contributed by atoms with E-state index in [1.807, 2.05) is 12.1 Å². The van der Waals surface area contributed by atoms with Crippen molar-refractivity contribution in [2.45, 2.75) is 19.3 Å². The van der Waals surface area contributed by atoms with E-state index in [4.69, 9.17) is 0 Å². The number of H-pyrrole nitrogens is 1. The zero-order chi connectivity index (χ0) is 13.5. The SMILES string of the molecule is Fc1cc2cn[nH]c2nc1Nc1cccc2c1CCC2. The molecule has 0 saturated carbocycles. The molecule has 2 aromatic heterocycles. The maximum absolute atomic E-state index is 14.1. The minimum Gasteiger partial charge on any atom is -0.337 e. The Kier molecular flexibility index (Phi) is 2.45. The highest BCUT2D eigenvalue weighted by Gasteiger charge is 2.16. The number of aromatic amines is 1. The summed E-state index contributed by atoms with van der Waals surface area (Å²) in [6, 6.07) is 7.55. The van der Waals surface area contributed by atoms with Crippen LogP contribution in [0.2, 0.25) is 0 Å². The summed E-state index contributed by atoms with van der Waals surface area (Å²) in [6.45, 7) is 0. The predicted octanol–water partition coefficient (Wildman–Crippen LogP) is 3.33. The highest BCUT2D eigenvalue weighted by Crippen LogP contribution is 2.31. The van der Waals surface area contributed by atoms with E-state index in [-0.39, 0.29) is 11.6 Å². The largest absolute Gasteiger partial charge is 0.337 e. The van der Waals surface area contributed by atoms with Crippen LogP contribution in [0.15, 0.2) is 30.5 Å². The van der Waals surface area contributed by atoms with Crippen LogP contribution in [0.1, 0.15) is 17.5 Å². The highest BCUT2D eigenvalue weighted by molar-refractivity contribution is 5.77. The van der Waals surface area contributed by atoms with Gasteiger partial charge in [0.2, 0.25) is 0 Å². The fourth-order valence-electron chi connectivity index (χ4n) is 2.81. The van der Waals surface area contributed by atoms with Crippen LogP contribution in [-0.4, -0.2) is 15.2 Å². The van der Waals surface area contributed by atoms with Crippen LogP contribution in [0, 0.1) is 5.82 Å². The number of nitrogens with zero attached hydrogens (tertiary/aromatic N) is 2. The normalized spacial score (nSPS) is 13.7. The summed E-state index contributed by atoms with van der Waals surface area (Å²) in [5, 5.41) is 10.4. The number of pyridine rings is 1. The number of anilines is 2. The van der Waals surface area contributed by atoms with Crippen LogP contribution in [0.4, 0.5) is 15.9 Å². The Labute approximate surface area is 115 Å². The zero-order valence-corrected chi connectivity index (χ0v) is 10.8. The van der Waals surface area contributed by atoms with E-state index < -0.39 is 0 Å². The molecular formula is C15H13FN4. The van der Waals surface area contributed by atoms with Gasteiger partial charge in [0.25, 0.3) is 0 Å². The summed E-state index contributed by atoms with van der Waals surface area (Å²) in [5.41, 5.74) is 4.16. The fourth-order valence-corrected chi connectivity index (χ4v) is 2.81. The van der Waals surface area contributed by atoms with Gasteiger partial charge in [-0.3, -0.25) is 5.10 Å². The number of aryl methyl sites for hydroxylation is 1. The van der Waals surface area contributed by atoms with Gasteiger partial charge in [-0.05, 0) is 42.5 Å². The van der Waals surface area contributed by atoms with Crippen molar-refractivity contribution in [3.05, 3.63) is 47.4 Å². The molecule has 20 heavy (non-hydrogen) atoms. The third kappa shape index (κ3) is 1.74. The number of halogens is 1. The number of benzene rings is 1. The Hall–Kier alpha value is -2.43. The highest BCUT2D eigenvalue weighted by atomic mass is 19.1. The molecule has 1 aromatic carbocycles. The minimum atomic E-state index is -0.366. The second kappa shape index (κ2) is 4.30. The van der Waals surface area contributed by atoms with E-state index in [1.165, 1.54) is 17.2 Å². The molecule has 0 fully saturated rings. The fraction of sp³-hybridized carbons (Fsp3) is 0.200. The molecule has 5 heteroatoms. The Bertz CT molecular complexity index is 794. The Morgan fingerprint density at radius 2 is 2.20 bits per heavy atom. The minimum absolute atomic E-state index is 0.238. The number of fused-ring (bicyclic) bond motifs is 2. The van der Waals surface area contributed by atoms with Crippen molar-refractivity contribution in [1.82, 2.24) is 15.2 Å². The Balaban J connectivity index is 1.77. The molecule has 1 aliphatic carbocycles. The summed E-state index contributed by atoms with van der Waals surface area (Å²) in [5.74, 6) is -0.128. The molecule has 4 rings (SSSR count). The maximum Gasteiger partial charge on any atom is 0.169 e. The van der Waals surface area contributed by atoms with Crippen molar-refractivity contribution in [3.63, 3.8) is 0 Å². The van der Waals surface area contributed by atoms with Crippen LogP contribution < -0.4 is 5.32 Å². The van der Waals surface area contributed by atoms with Crippen molar-refractivity contribution in [1.29, 1.82) is 0 Å². The molecule has 100 valence electrons. The van der Waals surface area contributed by atoms with Crippen molar-refractivity contribution in [2.24, 2.45) is 0 Å². The molecule has 2 heterocycles. The second-order valence-electron chi connectivity index (χ2n) is 5.05. The van der Waals surface area contributed by atoms with E-state index >= 15 is 0 Å².